The van der Waals surface area contributed by atoms with E-state index in [0.29, 0.717) is 5.69 Å². The molecule has 3 rings (SSSR count). The maximum absolute atomic E-state index is 14.1. The summed E-state index contributed by atoms with van der Waals surface area (Å²) >= 11 is 9.21. The van der Waals surface area contributed by atoms with Gasteiger partial charge in [-0.25, -0.2) is 18.2 Å². The summed E-state index contributed by atoms with van der Waals surface area (Å²) in [5.74, 6) is -2.06. The number of aromatic nitrogens is 2. The number of hydrogen-bond acceptors (Lipinski definition) is 1. The van der Waals surface area contributed by atoms with Crippen LogP contribution in [0.15, 0.2) is 47.2 Å². The first-order valence-electron chi connectivity index (χ1n) is 6.13. The van der Waals surface area contributed by atoms with Crippen LogP contribution in [-0.2, 0) is 0 Å². The first-order valence-corrected chi connectivity index (χ1v) is 7.30. The molecule has 1 aromatic heterocycles. The Morgan fingerprint density at radius 1 is 1.00 bits per heavy atom. The topological polar surface area (TPSA) is 17.8 Å². The second kappa shape index (κ2) is 5.78. The fraction of sp³-hybridized carbons (Fsp3) is 0. The summed E-state index contributed by atoms with van der Waals surface area (Å²) in [7, 11) is 0. The zero-order valence-electron chi connectivity index (χ0n) is 10.8. The molecule has 0 spiro atoms. The third-order valence-electron chi connectivity index (χ3n) is 3.06. The Hall–Kier alpha value is -1.79. The lowest BCUT2D eigenvalue weighted by Gasteiger charge is -2.11. The molecule has 0 saturated heterocycles. The average Bonchev–Trinajstić information content (AvgIpc) is 2.73. The minimum atomic E-state index is -0.785. The minimum Gasteiger partial charge on any atom is -0.285 e. The molecule has 2 aromatic carbocycles. The summed E-state index contributed by atoms with van der Waals surface area (Å²) in [6.45, 7) is 0. The number of rotatable bonds is 2. The molecule has 112 valence electrons. The molecule has 0 N–H and O–H groups in total. The molecule has 0 unspecified atom stereocenters. The largest absolute Gasteiger partial charge is 0.285 e. The van der Waals surface area contributed by atoms with Crippen molar-refractivity contribution in [2.45, 2.75) is 0 Å². The number of hydrogen-bond donors (Lipinski definition) is 0. The molecule has 0 radical (unpaired) electrons. The van der Waals surface area contributed by atoms with Crippen LogP contribution in [0.1, 0.15) is 0 Å². The zero-order chi connectivity index (χ0) is 15.9. The van der Waals surface area contributed by atoms with Gasteiger partial charge in [-0.3, -0.25) is 4.57 Å². The number of benzene rings is 2. The summed E-state index contributed by atoms with van der Waals surface area (Å²) in [5, 5.41) is -0.0971. The van der Waals surface area contributed by atoms with Gasteiger partial charge in [0.1, 0.15) is 17.5 Å². The van der Waals surface area contributed by atoms with Crippen LogP contribution in [0.4, 0.5) is 13.2 Å². The van der Waals surface area contributed by atoms with Gasteiger partial charge >= 0.3 is 0 Å². The predicted octanol–water partition coefficient (Wildman–Crippen LogP) is 5.37. The lowest BCUT2D eigenvalue weighted by molar-refractivity contribution is 0.588. The van der Waals surface area contributed by atoms with Gasteiger partial charge in [0.25, 0.3) is 0 Å². The zero-order valence-corrected chi connectivity index (χ0v) is 13.2. The summed E-state index contributed by atoms with van der Waals surface area (Å²) in [6, 6.07) is 9.02. The first kappa shape index (κ1) is 15.1. The molecule has 0 fully saturated rings. The van der Waals surface area contributed by atoms with Gasteiger partial charge in [0.05, 0.1) is 16.9 Å². The number of halogens is 5. The monoisotopic (exact) mass is 386 g/mol. The highest BCUT2D eigenvalue weighted by Crippen LogP contribution is 2.36. The van der Waals surface area contributed by atoms with E-state index in [0.717, 1.165) is 12.1 Å². The summed E-state index contributed by atoms with van der Waals surface area (Å²) in [4.78, 5) is 3.96. The summed E-state index contributed by atoms with van der Waals surface area (Å²) in [6.07, 6.45) is 0. The van der Waals surface area contributed by atoms with E-state index in [4.69, 9.17) is 11.6 Å². The highest BCUT2D eigenvalue weighted by atomic mass is 79.9. The van der Waals surface area contributed by atoms with Gasteiger partial charge in [0.15, 0.2) is 9.89 Å². The van der Waals surface area contributed by atoms with Crippen molar-refractivity contribution in [3.63, 3.8) is 0 Å². The molecular weight excluding hydrogens is 381 g/mol. The molecule has 0 bridgehead atoms. The normalized spacial score (nSPS) is 11.0. The molecule has 2 nitrogen and oxygen atoms in total. The van der Waals surface area contributed by atoms with Gasteiger partial charge in [0.2, 0.25) is 0 Å². The van der Waals surface area contributed by atoms with Crippen LogP contribution in [0.3, 0.4) is 0 Å². The standard InChI is InChI=1S/C15H7BrClF3N2/c16-15-21-14(17)13(12-10(19)5-2-6-11(12)20)22(15)9-4-1-3-8(18)7-9/h1-7H. The van der Waals surface area contributed by atoms with E-state index in [1.54, 1.807) is 6.07 Å². The Morgan fingerprint density at radius 2 is 1.64 bits per heavy atom. The average molecular weight is 388 g/mol. The molecule has 0 aliphatic heterocycles. The fourth-order valence-corrected chi connectivity index (χ4v) is 3.08. The van der Waals surface area contributed by atoms with E-state index in [2.05, 4.69) is 20.9 Å². The van der Waals surface area contributed by atoms with Crippen molar-refractivity contribution in [1.29, 1.82) is 0 Å². The van der Waals surface area contributed by atoms with Gasteiger partial charge < -0.3 is 0 Å². The van der Waals surface area contributed by atoms with Gasteiger partial charge in [-0.1, -0.05) is 23.7 Å². The first-order chi connectivity index (χ1) is 10.5. The molecule has 0 amide bonds. The van der Waals surface area contributed by atoms with Gasteiger partial charge in [-0.2, -0.15) is 0 Å². The van der Waals surface area contributed by atoms with Gasteiger partial charge in [0, 0.05) is 0 Å². The second-order valence-corrected chi connectivity index (χ2v) is 5.50. The lowest BCUT2D eigenvalue weighted by atomic mass is 10.1. The molecule has 22 heavy (non-hydrogen) atoms. The van der Waals surface area contributed by atoms with Crippen LogP contribution in [0.2, 0.25) is 5.15 Å². The van der Waals surface area contributed by atoms with E-state index >= 15 is 0 Å². The predicted molar refractivity (Wildman–Crippen MR) is 81.6 cm³/mol. The Labute approximate surface area is 137 Å². The molecule has 0 aliphatic rings. The van der Waals surface area contributed by atoms with Crippen molar-refractivity contribution < 1.29 is 13.2 Å². The Bertz CT molecular complexity index is 844. The smallest absolute Gasteiger partial charge is 0.183 e. The molecule has 7 heteroatoms. The summed E-state index contributed by atoms with van der Waals surface area (Å²) < 4.78 is 43.1. The van der Waals surface area contributed by atoms with Crippen molar-refractivity contribution in [2.75, 3.05) is 0 Å². The van der Waals surface area contributed by atoms with Crippen molar-refractivity contribution in [3.8, 4) is 16.9 Å². The van der Waals surface area contributed by atoms with Crippen LogP contribution in [0.5, 0.6) is 0 Å². The van der Waals surface area contributed by atoms with Gasteiger partial charge in [-0.15, -0.1) is 0 Å². The number of nitrogens with zero attached hydrogens (tertiary/aromatic N) is 2. The maximum atomic E-state index is 14.1. The minimum absolute atomic E-state index is 0.00902. The van der Waals surface area contributed by atoms with Crippen LogP contribution < -0.4 is 0 Å². The molecule has 3 aromatic rings. The van der Waals surface area contributed by atoms with Crippen LogP contribution in [0, 0.1) is 17.5 Å². The quantitative estimate of drug-likeness (QED) is 0.578. The van der Waals surface area contributed by atoms with E-state index in [1.165, 1.54) is 28.8 Å². The lowest BCUT2D eigenvalue weighted by Crippen LogP contribution is -2.01. The van der Waals surface area contributed by atoms with E-state index in [-0.39, 0.29) is 21.1 Å². The highest BCUT2D eigenvalue weighted by molar-refractivity contribution is 9.10. The summed E-state index contributed by atoms with van der Waals surface area (Å²) in [5.41, 5.74) is 0.0219. The van der Waals surface area contributed by atoms with Crippen molar-refractivity contribution >= 4 is 27.5 Å². The van der Waals surface area contributed by atoms with Crippen LogP contribution in [0.25, 0.3) is 16.9 Å². The van der Waals surface area contributed by atoms with Crippen molar-refractivity contribution in [2.24, 2.45) is 0 Å². The van der Waals surface area contributed by atoms with Crippen LogP contribution >= 0.6 is 27.5 Å². The number of imidazole rings is 1. The van der Waals surface area contributed by atoms with E-state index < -0.39 is 17.5 Å². The third-order valence-corrected chi connectivity index (χ3v) is 3.86. The van der Waals surface area contributed by atoms with Crippen molar-refractivity contribution in [3.05, 3.63) is 69.8 Å². The van der Waals surface area contributed by atoms with Crippen molar-refractivity contribution in [1.82, 2.24) is 9.55 Å². The molecule has 1 heterocycles. The van der Waals surface area contributed by atoms with Gasteiger partial charge in [-0.05, 0) is 46.3 Å². The molecule has 0 atom stereocenters. The SMILES string of the molecule is Fc1cccc(-n2c(Br)nc(Cl)c2-c2c(F)cccc2F)c1. The Balaban J connectivity index is 2.34. The molecular formula is C15H7BrClF3N2. The molecule has 0 saturated carbocycles. The Kier molecular flexibility index (Phi) is 3.97. The van der Waals surface area contributed by atoms with E-state index in [1.807, 2.05) is 0 Å². The second-order valence-electron chi connectivity index (χ2n) is 4.43. The van der Waals surface area contributed by atoms with Crippen LogP contribution in [-0.4, -0.2) is 9.55 Å². The molecule has 0 aliphatic carbocycles. The highest BCUT2D eigenvalue weighted by Gasteiger charge is 2.23. The van der Waals surface area contributed by atoms with E-state index in [9.17, 15) is 13.2 Å². The third kappa shape index (κ3) is 2.53. The Morgan fingerprint density at radius 3 is 2.27 bits per heavy atom. The fourth-order valence-electron chi connectivity index (χ4n) is 2.16. The maximum Gasteiger partial charge on any atom is 0.183 e.